The number of amides is 1. The summed E-state index contributed by atoms with van der Waals surface area (Å²) < 4.78 is 0. The number of nitrogens with one attached hydrogen (secondary N) is 1. The smallest absolute Gasteiger partial charge is 0.220 e. The number of aliphatic hydroxyl groups is 1. The Bertz CT molecular complexity index is 168. The summed E-state index contributed by atoms with van der Waals surface area (Å²) in [7, 11) is 0. The number of carbonyl (C=O) groups is 2. The molecule has 0 aliphatic heterocycles. The van der Waals surface area contributed by atoms with Gasteiger partial charge in [-0.3, -0.25) is 9.59 Å². The number of ketones is 1. The van der Waals surface area contributed by atoms with Gasteiger partial charge in [0.05, 0.1) is 6.54 Å². The summed E-state index contributed by atoms with van der Waals surface area (Å²) in [6, 6.07) is 0. The van der Waals surface area contributed by atoms with Crippen LogP contribution in [-0.4, -0.2) is 29.9 Å². The van der Waals surface area contributed by atoms with Gasteiger partial charge in [0.15, 0.2) is 0 Å². The number of Topliss-reactive ketones (excluding diaryl/α,β-unsaturated/α-hetero) is 1. The molecule has 0 unspecified atom stereocenters. The highest BCUT2D eigenvalue weighted by molar-refractivity contribution is 5.84. The lowest BCUT2D eigenvalue weighted by atomic mass is 10.2. The lowest BCUT2D eigenvalue weighted by Crippen LogP contribution is -2.27. The molecule has 0 rings (SSSR count). The molecule has 0 radical (unpaired) electrons. The summed E-state index contributed by atoms with van der Waals surface area (Å²) in [5, 5.41) is 11.0. The third-order valence-electron chi connectivity index (χ3n) is 1.60. The minimum atomic E-state index is -0.0897. The third kappa shape index (κ3) is 9.01. The number of aliphatic hydroxyl groups excluding tert-OH is 1. The van der Waals surface area contributed by atoms with E-state index < -0.39 is 0 Å². The minimum absolute atomic E-state index is 0.0382. The van der Waals surface area contributed by atoms with Crippen LogP contribution in [0.2, 0.25) is 0 Å². The summed E-state index contributed by atoms with van der Waals surface area (Å²) in [6.45, 7) is 1.74. The molecule has 0 spiro atoms. The van der Waals surface area contributed by atoms with Crippen molar-refractivity contribution in [1.82, 2.24) is 5.32 Å². The van der Waals surface area contributed by atoms with E-state index >= 15 is 0 Å². The fraction of sp³-hybridized carbons (Fsp3) is 0.778. The highest BCUT2D eigenvalue weighted by Crippen LogP contribution is 1.98. The molecule has 76 valence electrons. The fourth-order valence-corrected chi connectivity index (χ4v) is 0.886. The van der Waals surface area contributed by atoms with E-state index in [2.05, 4.69) is 5.32 Å². The van der Waals surface area contributed by atoms with Crippen LogP contribution in [0.3, 0.4) is 0 Å². The van der Waals surface area contributed by atoms with Crippen LogP contribution >= 0.6 is 0 Å². The first-order valence-corrected chi connectivity index (χ1v) is 4.54. The van der Waals surface area contributed by atoms with E-state index in [0.29, 0.717) is 6.42 Å². The molecule has 0 fully saturated rings. The van der Waals surface area contributed by atoms with Crippen molar-refractivity contribution in [2.45, 2.75) is 32.6 Å². The summed E-state index contributed by atoms with van der Waals surface area (Å²) >= 11 is 0. The van der Waals surface area contributed by atoms with Gasteiger partial charge >= 0.3 is 0 Å². The summed E-state index contributed by atoms with van der Waals surface area (Å²) in [6.07, 6.45) is 2.79. The lowest BCUT2D eigenvalue weighted by molar-refractivity contribution is -0.124. The van der Waals surface area contributed by atoms with Crippen LogP contribution in [0.1, 0.15) is 32.6 Å². The Balaban J connectivity index is 3.25. The number of carbonyl (C=O) groups excluding carboxylic acids is 2. The predicted octanol–water partition coefficient (Wildman–Crippen LogP) is 0.244. The summed E-state index contributed by atoms with van der Waals surface area (Å²) in [5.41, 5.74) is 0. The fourth-order valence-electron chi connectivity index (χ4n) is 0.886. The molecule has 0 saturated carbocycles. The van der Waals surface area contributed by atoms with Gasteiger partial charge in [0.25, 0.3) is 0 Å². The lowest BCUT2D eigenvalue weighted by Gasteiger charge is -2.01. The third-order valence-corrected chi connectivity index (χ3v) is 1.60. The van der Waals surface area contributed by atoms with E-state index in [1.807, 2.05) is 0 Å². The SMILES string of the molecule is CC(=O)CNC(=O)CCCCCO. The molecule has 13 heavy (non-hydrogen) atoms. The van der Waals surface area contributed by atoms with Crippen LogP contribution in [0, 0.1) is 0 Å². The van der Waals surface area contributed by atoms with Crippen LogP contribution < -0.4 is 5.32 Å². The first kappa shape index (κ1) is 12.1. The molecule has 2 N–H and O–H groups in total. The molecule has 4 heteroatoms. The van der Waals surface area contributed by atoms with Crippen LogP contribution in [0.5, 0.6) is 0 Å². The summed E-state index contributed by atoms with van der Waals surface area (Å²) in [5.74, 6) is -0.128. The largest absolute Gasteiger partial charge is 0.396 e. The van der Waals surface area contributed by atoms with Gasteiger partial charge < -0.3 is 10.4 Å². The zero-order valence-corrected chi connectivity index (χ0v) is 8.01. The first-order chi connectivity index (χ1) is 6.16. The second kappa shape index (κ2) is 7.73. The number of rotatable bonds is 7. The first-order valence-electron chi connectivity index (χ1n) is 4.54. The van der Waals surface area contributed by atoms with Crippen LogP contribution in [0.25, 0.3) is 0 Å². The van der Waals surface area contributed by atoms with E-state index in [1.54, 1.807) is 0 Å². The van der Waals surface area contributed by atoms with Crippen molar-refractivity contribution >= 4 is 11.7 Å². The Morgan fingerprint density at radius 1 is 1.23 bits per heavy atom. The van der Waals surface area contributed by atoms with Crippen LogP contribution in [0.15, 0.2) is 0 Å². The number of unbranched alkanes of at least 4 members (excludes halogenated alkanes) is 2. The monoisotopic (exact) mass is 187 g/mol. The van der Waals surface area contributed by atoms with Gasteiger partial charge in [-0.1, -0.05) is 6.42 Å². The van der Waals surface area contributed by atoms with Gasteiger partial charge in [0, 0.05) is 13.0 Å². The van der Waals surface area contributed by atoms with Crippen molar-refractivity contribution in [3.05, 3.63) is 0 Å². The van der Waals surface area contributed by atoms with Gasteiger partial charge in [0.2, 0.25) is 5.91 Å². The quantitative estimate of drug-likeness (QED) is 0.561. The topological polar surface area (TPSA) is 66.4 Å². The molecular formula is C9H17NO3. The van der Waals surface area contributed by atoms with E-state index in [-0.39, 0.29) is 24.8 Å². The van der Waals surface area contributed by atoms with Gasteiger partial charge in [-0.25, -0.2) is 0 Å². The molecule has 4 nitrogen and oxygen atoms in total. The Labute approximate surface area is 78.3 Å². The number of hydrogen-bond acceptors (Lipinski definition) is 3. The van der Waals surface area contributed by atoms with Crippen molar-refractivity contribution in [2.75, 3.05) is 13.2 Å². The van der Waals surface area contributed by atoms with Crippen molar-refractivity contribution in [1.29, 1.82) is 0 Å². The highest BCUT2D eigenvalue weighted by atomic mass is 16.2. The minimum Gasteiger partial charge on any atom is -0.396 e. The molecule has 1 amide bonds. The Morgan fingerprint density at radius 3 is 2.46 bits per heavy atom. The van der Waals surface area contributed by atoms with E-state index in [4.69, 9.17) is 5.11 Å². The average Bonchev–Trinajstić information content (AvgIpc) is 2.09. The molecule has 0 aromatic rings. The standard InChI is InChI=1S/C9H17NO3/c1-8(12)7-10-9(13)5-3-2-4-6-11/h11H,2-7H2,1H3,(H,10,13). The van der Waals surface area contributed by atoms with Gasteiger partial charge in [-0.05, 0) is 19.8 Å². The van der Waals surface area contributed by atoms with Crippen molar-refractivity contribution in [2.24, 2.45) is 0 Å². The molecule has 0 heterocycles. The van der Waals surface area contributed by atoms with Gasteiger partial charge in [-0.15, -0.1) is 0 Å². The molecule has 0 atom stereocenters. The molecule has 0 aliphatic rings. The molecule has 0 aliphatic carbocycles. The maximum absolute atomic E-state index is 11.0. The van der Waals surface area contributed by atoms with Crippen LogP contribution in [-0.2, 0) is 9.59 Å². The normalized spacial score (nSPS) is 9.69. The highest BCUT2D eigenvalue weighted by Gasteiger charge is 2.01. The van der Waals surface area contributed by atoms with Gasteiger partial charge in [0.1, 0.15) is 5.78 Å². The summed E-state index contributed by atoms with van der Waals surface area (Å²) in [4.78, 5) is 21.5. The molecular weight excluding hydrogens is 170 g/mol. The zero-order chi connectivity index (χ0) is 10.1. The molecule has 0 aromatic heterocycles. The second-order valence-corrected chi connectivity index (χ2v) is 3.01. The van der Waals surface area contributed by atoms with E-state index in [0.717, 1.165) is 19.3 Å². The maximum Gasteiger partial charge on any atom is 0.220 e. The van der Waals surface area contributed by atoms with E-state index in [1.165, 1.54) is 6.92 Å². The average molecular weight is 187 g/mol. The van der Waals surface area contributed by atoms with E-state index in [9.17, 15) is 9.59 Å². The molecule has 0 bridgehead atoms. The van der Waals surface area contributed by atoms with Crippen molar-refractivity contribution < 1.29 is 14.7 Å². The zero-order valence-electron chi connectivity index (χ0n) is 8.01. The van der Waals surface area contributed by atoms with Gasteiger partial charge in [-0.2, -0.15) is 0 Å². The maximum atomic E-state index is 11.0. The van der Waals surface area contributed by atoms with Crippen LogP contribution in [0.4, 0.5) is 0 Å². The Hall–Kier alpha value is -0.900. The Morgan fingerprint density at radius 2 is 1.92 bits per heavy atom. The molecule has 0 saturated heterocycles. The predicted molar refractivity (Wildman–Crippen MR) is 49.2 cm³/mol. The molecule has 0 aromatic carbocycles. The number of hydrogen-bond donors (Lipinski definition) is 2. The van der Waals surface area contributed by atoms with Crippen molar-refractivity contribution in [3.8, 4) is 0 Å². The Kier molecular flexibility index (Phi) is 7.20. The van der Waals surface area contributed by atoms with Crippen molar-refractivity contribution in [3.63, 3.8) is 0 Å². The second-order valence-electron chi connectivity index (χ2n) is 3.01.